The molecule has 1 aliphatic rings. The zero-order valence-electron chi connectivity index (χ0n) is 16.7. The molecule has 4 rings (SSSR count). The minimum absolute atomic E-state index is 0.140. The van der Waals surface area contributed by atoms with Crippen molar-refractivity contribution in [2.24, 2.45) is 5.92 Å². The molecule has 1 fully saturated rings. The Bertz CT molecular complexity index is 1200. The first kappa shape index (κ1) is 22.1. The highest BCUT2D eigenvalue weighted by molar-refractivity contribution is 7.88. The lowest BCUT2D eigenvalue weighted by Crippen LogP contribution is -2.44. The van der Waals surface area contributed by atoms with Gasteiger partial charge in [0.2, 0.25) is 15.9 Å². The minimum Gasteiger partial charge on any atom is -0.325 e. The van der Waals surface area contributed by atoms with E-state index in [-0.39, 0.29) is 18.2 Å². The van der Waals surface area contributed by atoms with Crippen molar-refractivity contribution in [3.05, 3.63) is 76.3 Å². The zero-order chi connectivity index (χ0) is 22.0. The number of sulfonamides is 1. The molecule has 3 aromatic carbocycles. The average Bonchev–Trinajstić information content (AvgIpc) is 2.77. The van der Waals surface area contributed by atoms with Crippen molar-refractivity contribution in [2.45, 2.75) is 18.6 Å². The summed E-state index contributed by atoms with van der Waals surface area (Å²) in [6.45, 7) is 0.517. The fourth-order valence-electron chi connectivity index (χ4n) is 3.92. The van der Waals surface area contributed by atoms with Crippen molar-refractivity contribution in [2.75, 3.05) is 18.4 Å². The van der Waals surface area contributed by atoms with Gasteiger partial charge in [0.15, 0.2) is 0 Å². The summed E-state index contributed by atoms with van der Waals surface area (Å²) < 4.78 is 27.5. The van der Waals surface area contributed by atoms with E-state index in [1.807, 2.05) is 42.5 Å². The summed E-state index contributed by atoms with van der Waals surface area (Å²) in [7, 11) is -3.67. The van der Waals surface area contributed by atoms with Gasteiger partial charge in [-0.05, 0) is 36.4 Å². The molecule has 162 valence electrons. The van der Waals surface area contributed by atoms with Gasteiger partial charge in [0.25, 0.3) is 0 Å². The van der Waals surface area contributed by atoms with E-state index in [1.54, 1.807) is 18.2 Å². The second-order valence-electron chi connectivity index (χ2n) is 7.67. The van der Waals surface area contributed by atoms with Crippen LogP contribution in [0, 0.1) is 5.92 Å². The van der Waals surface area contributed by atoms with E-state index in [4.69, 9.17) is 23.2 Å². The molecule has 0 radical (unpaired) electrons. The van der Waals surface area contributed by atoms with Crippen LogP contribution < -0.4 is 5.32 Å². The van der Waals surface area contributed by atoms with Crippen LogP contribution in [0.2, 0.25) is 10.0 Å². The molecule has 3 aromatic rings. The molecule has 0 saturated carbocycles. The number of amides is 1. The molecule has 31 heavy (non-hydrogen) atoms. The molecule has 1 heterocycles. The van der Waals surface area contributed by atoms with Gasteiger partial charge in [-0.25, -0.2) is 12.7 Å². The molecule has 1 atom stereocenters. The zero-order valence-corrected chi connectivity index (χ0v) is 19.1. The van der Waals surface area contributed by atoms with Crippen LogP contribution in [0.1, 0.15) is 18.4 Å². The largest absolute Gasteiger partial charge is 0.325 e. The monoisotopic (exact) mass is 476 g/mol. The number of rotatable bonds is 5. The van der Waals surface area contributed by atoms with Crippen LogP contribution in [-0.2, 0) is 20.6 Å². The van der Waals surface area contributed by atoms with Crippen LogP contribution >= 0.6 is 23.2 Å². The van der Waals surface area contributed by atoms with Crippen molar-refractivity contribution in [1.82, 2.24) is 4.31 Å². The van der Waals surface area contributed by atoms with Crippen LogP contribution in [0.3, 0.4) is 0 Å². The summed E-state index contributed by atoms with van der Waals surface area (Å²) in [4.78, 5) is 13.0. The number of carbonyl (C=O) groups is 1. The summed E-state index contributed by atoms with van der Waals surface area (Å²) in [5.74, 6) is -0.889. The predicted molar refractivity (Wildman–Crippen MR) is 126 cm³/mol. The topological polar surface area (TPSA) is 66.5 Å². The molecule has 0 aromatic heterocycles. The van der Waals surface area contributed by atoms with E-state index in [0.717, 1.165) is 16.5 Å². The number of hydrogen-bond donors (Lipinski definition) is 1. The number of piperidine rings is 1. The summed E-state index contributed by atoms with van der Waals surface area (Å²) in [6, 6.07) is 18.5. The van der Waals surface area contributed by atoms with Gasteiger partial charge in [-0.1, -0.05) is 65.7 Å². The Hall–Kier alpha value is -2.12. The summed E-state index contributed by atoms with van der Waals surface area (Å²) >= 11 is 12.3. The third kappa shape index (κ3) is 4.88. The molecule has 1 saturated heterocycles. The molecular formula is C23H22Cl2N2O3S. The number of fused-ring (bicyclic) bond motifs is 1. The fraction of sp³-hybridized carbons (Fsp3) is 0.261. The molecule has 5 nitrogen and oxygen atoms in total. The highest BCUT2D eigenvalue weighted by Crippen LogP contribution is 2.30. The highest BCUT2D eigenvalue weighted by Gasteiger charge is 2.33. The van der Waals surface area contributed by atoms with Gasteiger partial charge in [-0.15, -0.1) is 0 Å². The van der Waals surface area contributed by atoms with E-state index in [0.29, 0.717) is 35.0 Å². The van der Waals surface area contributed by atoms with Crippen molar-refractivity contribution < 1.29 is 13.2 Å². The number of halogens is 2. The second kappa shape index (κ2) is 9.17. The van der Waals surface area contributed by atoms with Crippen molar-refractivity contribution in [3.63, 3.8) is 0 Å². The SMILES string of the molecule is O=C(Nc1cccc2ccccc12)[C@@H]1CCCN(S(=O)(=O)Cc2c(Cl)cccc2Cl)C1. The minimum atomic E-state index is -3.67. The van der Waals surface area contributed by atoms with Gasteiger partial charge in [0, 0.05) is 39.8 Å². The average molecular weight is 477 g/mol. The smallest absolute Gasteiger partial charge is 0.228 e. The van der Waals surface area contributed by atoms with E-state index in [1.165, 1.54) is 4.31 Å². The third-order valence-electron chi connectivity index (χ3n) is 5.58. The number of benzene rings is 3. The quantitative estimate of drug-likeness (QED) is 0.541. The van der Waals surface area contributed by atoms with Gasteiger partial charge >= 0.3 is 0 Å². The third-order valence-corrected chi connectivity index (χ3v) is 8.06. The highest BCUT2D eigenvalue weighted by atomic mass is 35.5. The molecule has 0 unspecified atom stereocenters. The first-order valence-electron chi connectivity index (χ1n) is 10.0. The maximum atomic E-state index is 13.0. The Balaban J connectivity index is 1.49. The molecule has 0 spiro atoms. The maximum absolute atomic E-state index is 13.0. The first-order valence-corrected chi connectivity index (χ1v) is 12.4. The molecule has 0 aliphatic carbocycles. The van der Waals surface area contributed by atoms with Gasteiger partial charge in [0.1, 0.15) is 0 Å². The Morgan fingerprint density at radius 1 is 1.00 bits per heavy atom. The lowest BCUT2D eigenvalue weighted by atomic mass is 9.98. The molecule has 0 bridgehead atoms. The molecule has 1 aliphatic heterocycles. The van der Waals surface area contributed by atoms with Crippen molar-refractivity contribution in [1.29, 1.82) is 0 Å². The Kier molecular flexibility index (Phi) is 6.53. The standard InChI is InChI=1S/C23H22Cl2N2O3S/c24-20-10-4-11-21(25)19(20)15-31(29,30)27-13-5-8-17(14-27)23(28)26-22-12-3-7-16-6-1-2-9-18(16)22/h1-4,6-7,9-12,17H,5,8,13-15H2,(H,26,28)/t17-/m1/s1. The number of anilines is 1. The number of carbonyl (C=O) groups excluding carboxylic acids is 1. The molecule has 1 N–H and O–H groups in total. The number of hydrogen-bond acceptors (Lipinski definition) is 3. The summed E-state index contributed by atoms with van der Waals surface area (Å²) in [5, 5.41) is 5.61. The van der Waals surface area contributed by atoms with Crippen LogP contribution in [0.5, 0.6) is 0 Å². The van der Waals surface area contributed by atoms with E-state index >= 15 is 0 Å². The number of nitrogens with zero attached hydrogens (tertiary/aromatic N) is 1. The van der Waals surface area contributed by atoms with Gasteiger partial charge < -0.3 is 5.32 Å². The van der Waals surface area contributed by atoms with Gasteiger partial charge in [-0.2, -0.15) is 0 Å². The Labute approximate surface area is 192 Å². The Morgan fingerprint density at radius 2 is 1.68 bits per heavy atom. The lowest BCUT2D eigenvalue weighted by molar-refractivity contribution is -0.120. The summed E-state index contributed by atoms with van der Waals surface area (Å²) in [5.41, 5.74) is 1.11. The second-order valence-corrected chi connectivity index (χ2v) is 10.5. The fourth-order valence-corrected chi connectivity index (χ4v) is 6.28. The van der Waals surface area contributed by atoms with Crippen molar-refractivity contribution >= 4 is 55.6 Å². The van der Waals surface area contributed by atoms with Crippen LogP contribution in [0.25, 0.3) is 10.8 Å². The van der Waals surface area contributed by atoms with Crippen LogP contribution in [0.15, 0.2) is 60.7 Å². The number of nitrogens with one attached hydrogen (secondary N) is 1. The van der Waals surface area contributed by atoms with Crippen LogP contribution in [-0.4, -0.2) is 31.7 Å². The normalized spacial score (nSPS) is 17.5. The maximum Gasteiger partial charge on any atom is 0.228 e. The van der Waals surface area contributed by atoms with E-state index in [9.17, 15) is 13.2 Å². The van der Waals surface area contributed by atoms with Crippen molar-refractivity contribution in [3.8, 4) is 0 Å². The predicted octanol–water partition coefficient (Wildman–Crippen LogP) is 5.33. The van der Waals surface area contributed by atoms with E-state index in [2.05, 4.69) is 5.32 Å². The molecular weight excluding hydrogens is 455 g/mol. The van der Waals surface area contributed by atoms with Crippen LogP contribution in [0.4, 0.5) is 5.69 Å². The molecule has 1 amide bonds. The van der Waals surface area contributed by atoms with Gasteiger partial charge in [0.05, 0.1) is 11.7 Å². The molecule has 8 heteroatoms. The Morgan fingerprint density at radius 3 is 2.45 bits per heavy atom. The lowest BCUT2D eigenvalue weighted by Gasteiger charge is -2.31. The van der Waals surface area contributed by atoms with E-state index < -0.39 is 15.9 Å². The summed E-state index contributed by atoms with van der Waals surface area (Å²) in [6.07, 6.45) is 1.25. The first-order chi connectivity index (χ1) is 14.8. The van der Waals surface area contributed by atoms with Gasteiger partial charge in [-0.3, -0.25) is 4.79 Å².